The molecule has 5 aliphatic rings. The summed E-state index contributed by atoms with van der Waals surface area (Å²) in [6.45, 7) is 9.16. The van der Waals surface area contributed by atoms with Crippen LogP contribution in [-0.4, -0.2) is 9.97 Å². The quantitative estimate of drug-likeness (QED) is 0.0266. The maximum atomic E-state index is 17.2. The second kappa shape index (κ2) is 44.0. The molecule has 12 nitrogen and oxygen atoms in total. The van der Waals surface area contributed by atoms with E-state index < -0.39 is 27.8 Å². The molecule has 0 amide bonds. The number of aromatic nitrogens is 2. The topological polar surface area (TPSA) is 134 Å². The van der Waals surface area contributed by atoms with Crippen molar-refractivity contribution < 1.29 is 46.2 Å². The lowest BCUT2D eigenvalue weighted by molar-refractivity contribution is -0.000685. The molecule has 6 heterocycles. The number of pyridine rings is 2. The van der Waals surface area contributed by atoms with Crippen LogP contribution in [0.15, 0.2) is 207 Å². The molecule has 122 heavy (non-hydrogen) atoms. The first-order chi connectivity index (χ1) is 60.1. The van der Waals surface area contributed by atoms with Gasteiger partial charge in [0.25, 0.3) is 12.6 Å². The minimum absolute atomic E-state index is 0.325. The van der Waals surface area contributed by atoms with E-state index in [1.54, 1.807) is 0 Å². The Morgan fingerprint density at radius 1 is 0.238 bits per heavy atom. The molecule has 0 radical (unpaired) electrons. The van der Waals surface area contributed by atoms with Crippen LogP contribution in [0.4, 0.5) is 0 Å². The SMILES string of the molecule is CCCCCCCCCCCC1c2cc3c4cc2OC(c2ccc(-c5ccncc5)cc2)Oc2cc5c(cc21)C(CCCCCCCCCCC)c1cc2c(cc1OP(=O)(c1ccccc1)O5)OC(c1ccc(-c5ccncc5)cc1)Oc1cc(c(cc1C2CCCCCCCCCCC)C3CCCCCCCCCCC)OP(=O)(c1ccccc1)O4. The summed E-state index contributed by atoms with van der Waals surface area (Å²) >= 11 is 0. The molecule has 4 aliphatic heterocycles. The summed E-state index contributed by atoms with van der Waals surface area (Å²) in [5.41, 5.74) is 13.4. The zero-order valence-electron chi connectivity index (χ0n) is 73.2. The van der Waals surface area contributed by atoms with Crippen LogP contribution in [0.3, 0.4) is 0 Å². The summed E-state index contributed by atoms with van der Waals surface area (Å²) in [5, 5.41) is 0.840. The maximum Gasteiger partial charge on any atom is 0.462 e. The smallest absolute Gasteiger partial charge is 0.450 e. The predicted molar refractivity (Wildman–Crippen MR) is 498 cm³/mol. The zero-order valence-corrected chi connectivity index (χ0v) is 75.0. The highest BCUT2D eigenvalue weighted by molar-refractivity contribution is 7.63. The summed E-state index contributed by atoms with van der Waals surface area (Å²) in [5.74, 6) is 2.76. The van der Waals surface area contributed by atoms with Crippen LogP contribution in [-0.2, 0) is 9.13 Å². The molecule has 8 aromatic carbocycles. The number of rotatable bonds is 46. The molecule has 644 valence electrons. The highest BCUT2D eigenvalue weighted by Gasteiger charge is 2.45. The van der Waals surface area contributed by atoms with E-state index in [2.05, 4.69) is 135 Å². The van der Waals surface area contributed by atoms with Crippen LogP contribution >= 0.6 is 15.2 Å². The van der Waals surface area contributed by atoms with Gasteiger partial charge in [-0.15, -0.1) is 0 Å². The molecule has 10 aromatic rings. The monoisotopic (exact) mass is 1680 g/mol. The van der Waals surface area contributed by atoms with Gasteiger partial charge < -0.3 is 37.0 Å². The summed E-state index contributed by atoms with van der Waals surface area (Å²) in [7, 11) is -8.85. The van der Waals surface area contributed by atoms with E-state index in [0.717, 1.165) is 181 Å². The van der Waals surface area contributed by atoms with E-state index in [-0.39, 0.29) is 23.7 Å². The molecule has 15 rings (SSSR count). The Morgan fingerprint density at radius 3 is 0.689 bits per heavy atom. The predicted octanol–water partition coefficient (Wildman–Crippen LogP) is 31.9. The van der Waals surface area contributed by atoms with Crippen molar-refractivity contribution in [2.75, 3.05) is 0 Å². The third kappa shape index (κ3) is 22.0. The lowest BCUT2D eigenvalue weighted by Crippen LogP contribution is -2.25. The molecule has 0 spiro atoms. The summed E-state index contributed by atoms with van der Waals surface area (Å²) in [6.07, 6.45) is 50.3. The fraction of sp³-hybridized carbons (Fsp3) is 0.463. The second-order valence-electron chi connectivity index (χ2n) is 35.3. The van der Waals surface area contributed by atoms with Gasteiger partial charge in [-0.3, -0.25) is 9.97 Å². The standard InChI is InChI=1S/C108H132N2O10P2/c1-5-9-13-17-21-25-29-33-43-51-87-91-71-95-89(53-45-35-31-27-23-19-15-11-7-3)97-73-93-88(52-44-34-30-26-22-18-14-10-6-2)94-74-98-90(54-46-36-32-28-24-20-16-12-8-4)96-72-92(87)100-76-104(96)118-122(112,86-49-41-38-42-50-86)120-106(98)78-102(94)116-108(84-61-57-80(58-62-84)82-65-69-110-70-66-82)115-101(93)77-105(97)119-121(111,85-47-39-37-40-48-85)117-103(95)75-99(91)113-107(114-100)83-59-55-79(56-60-83)81-63-67-109-68-64-81/h37-42,47-50,55-78,87-90,107-108H,5-36,43-46,51-54H2,1-4H3. The fourth-order valence-corrected chi connectivity index (χ4v) is 22.6. The third-order valence-corrected chi connectivity index (χ3v) is 29.9. The van der Waals surface area contributed by atoms with Crippen LogP contribution in [0.2, 0.25) is 0 Å². The molecule has 0 unspecified atom stereocenters. The van der Waals surface area contributed by atoms with E-state index in [1.165, 1.54) is 154 Å². The third-order valence-electron chi connectivity index (χ3n) is 26.3. The molecular formula is C108H132N2O10P2. The number of nitrogens with zero attached hydrogens (tertiary/aromatic N) is 2. The van der Waals surface area contributed by atoms with Crippen molar-refractivity contribution in [2.24, 2.45) is 0 Å². The Bertz CT molecular complexity index is 4590. The van der Waals surface area contributed by atoms with Gasteiger partial charge in [0.1, 0.15) is 46.0 Å². The van der Waals surface area contributed by atoms with Gasteiger partial charge in [-0.1, -0.05) is 344 Å². The molecule has 0 saturated carbocycles. The fourth-order valence-electron chi connectivity index (χ4n) is 19.4. The number of unbranched alkanes of at least 4 members (excludes halogenated alkanes) is 32. The van der Waals surface area contributed by atoms with Crippen LogP contribution in [0.25, 0.3) is 22.3 Å². The molecular weight excluding hydrogens is 1550 g/mol. The summed E-state index contributed by atoms with van der Waals surface area (Å²) in [4.78, 5) is 8.71. The van der Waals surface area contributed by atoms with Crippen LogP contribution in [0.5, 0.6) is 46.0 Å². The van der Waals surface area contributed by atoms with Crippen molar-refractivity contribution in [3.05, 3.63) is 262 Å². The zero-order chi connectivity index (χ0) is 83.7. The van der Waals surface area contributed by atoms with Crippen molar-refractivity contribution in [1.82, 2.24) is 9.97 Å². The number of hydrogen-bond acceptors (Lipinski definition) is 12. The van der Waals surface area contributed by atoms with Crippen molar-refractivity contribution in [1.29, 1.82) is 0 Å². The Labute approximate surface area is 728 Å². The normalized spacial score (nSPS) is 19.5. The second-order valence-corrected chi connectivity index (χ2v) is 39.0. The minimum Gasteiger partial charge on any atom is -0.450 e. The highest BCUT2D eigenvalue weighted by atomic mass is 31.2. The maximum absolute atomic E-state index is 17.2. The molecule has 0 saturated heterocycles. The van der Waals surface area contributed by atoms with Crippen molar-refractivity contribution in [3.63, 3.8) is 0 Å². The Kier molecular flexibility index (Phi) is 31.7. The molecule has 0 atom stereocenters. The van der Waals surface area contributed by atoms with Gasteiger partial charge in [0.05, 0.1) is 10.6 Å². The molecule has 2 aromatic heterocycles. The first kappa shape index (κ1) is 87.8. The van der Waals surface area contributed by atoms with Crippen LogP contribution < -0.4 is 47.7 Å². The number of ether oxygens (including phenoxy) is 4. The van der Waals surface area contributed by atoms with Gasteiger partial charge in [-0.25, -0.2) is 9.13 Å². The van der Waals surface area contributed by atoms with E-state index in [4.69, 9.17) is 37.0 Å². The lowest BCUT2D eigenvalue weighted by Gasteiger charge is -2.38. The van der Waals surface area contributed by atoms with Gasteiger partial charge in [-0.05, 0) is 121 Å². The molecule has 1 aliphatic carbocycles. The molecule has 0 fully saturated rings. The molecule has 8 bridgehead atoms. The van der Waals surface area contributed by atoms with Crippen LogP contribution in [0, 0.1) is 0 Å². The van der Waals surface area contributed by atoms with Crippen molar-refractivity contribution >= 4 is 25.8 Å². The van der Waals surface area contributed by atoms with E-state index in [9.17, 15) is 0 Å². The van der Waals surface area contributed by atoms with Gasteiger partial charge >= 0.3 is 15.2 Å². The van der Waals surface area contributed by atoms with E-state index >= 15 is 9.13 Å². The highest BCUT2D eigenvalue weighted by Crippen LogP contribution is 2.63. The average molecular weight is 1680 g/mol. The Morgan fingerprint density at radius 2 is 0.451 bits per heavy atom. The lowest BCUT2D eigenvalue weighted by atomic mass is 9.76. The van der Waals surface area contributed by atoms with Crippen molar-refractivity contribution in [3.8, 4) is 68.2 Å². The van der Waals surface area contributed by atoms with Gasteiger partial charge in [0.2, 0.25) is 0 Å². The van der Waals surface area contributed by atoms with Crippen molar-refractivity contribution in [2.45, 2.75) is 321 Å². The number of hydrogen-bond donors (Lipinski definition) is 0. The summed E-state index contributed by atoms with van der Waals surface area (Å²) < 4.78 is 95.6. The Hall–Kier alpha value is -9.08. The van der Waals surface area contributed by atoms with E-state index in [1.807, 2.05) is 110 Å². The van der Waals surface area contributed by atoms with Gasteiger partial charge in [-0.2, -0.15) is 0 Å². The van der Waals surface area contributed by atoms with E-state index in [0.29, 0.717) is 56.6 Å². The molecule has 14 heteroatoms. The largest absolute Gasteiger partial charge is 0.462 e. The minimum atomic E-state index is -4.42. The first-order valence-electron chi connectivity index (χ1n) is 47.6. The average Bonchev–Trinajstić information content (AvgIpc) is 0.724. The first-order valence-corrected chi connectivity index (χ1v) is 50.7. The molecule has 0 N–H and O–H groups in total. The number of benzene rings is 8. The van der Waals surface area contributed by atoms with Crippen LogP contribution in [0.1, 0.15) is 376 Å². The Balaban J connectivity index is 1.01. The van der Waals surface area contributed by atoms with Gasteiger partial charge in [0, 0.05) is 128 Å². The van der Waals surface area contributed by atoms with Gasteiger partial charge in [0.15, 0.2) is 0 Å². The summed E-state index contributed by atoms with van der Waals surface area (Å²) in [6, 6.07) is 61.8.